The SMILES string of the molecule is CCCCCCCCCCCCCCCC(=O)O[C@@H]1[C@@H](O)[C@@H](O)[C@@H]([C@H](NC(=O)[C@@H]2C[C@@H](CCC)CN2C)[C@H](C)Cl)O[C@@H]1SC. The van der Waals surface area contributed by atoms with Crippen molar-refractivity contribution in [1.82, 2.24) is 10.2 Å². The van der Waals surface area contributed by atoms with E-state index in [-0.39, 0.29) is 18.4 Å². The van der Waals surface area contributed by atoms with Crippen LogP contribution in [-0.4, -0.2) is 94.2 Å². The quantitative estimate of drug-likeness (QED) is 0.0693. The van der Waals surface area contributed by atoms with Gasteiger partial charge in [-0.2, -0.15) is 0 Å². The summed E-state index contributed by atoms with van der Waals surface area (Å²) in [6.07, 6.45) is 16.3. The van der Waals surface area contributed by atoms with Crippen LogP contribution >= 0.6 is 23.4 Å². The number of amides is 1. The second-order valence-electron chi connectivity index (χ2n) is 13.2. The van der Waals surface area contributed by atoms with Crippen molar-refractivity contribution in [1.29, 1.82) is 0 Å². The van der Waals surface area contributed by atoms with E-state index in [2.05, 4.69) is 24.1 Å². The molecular weight excluding hydrogens is 600 g/mol. The van der Waals surface area contributed by atoms with Crippen molar-refractivity contribution in [3.63, 3.8) is 0 Å². The van der Waals surface area contributed by atoms with Gasteiger partial charge in [0.15, 0.2) is 6.10 Å². The predicted molar refractivity (Wildman–Crippen MR) is 181 cm³/mol. The van der Waals surface area contributed by atoms with Gasteiger partial charge in [-0.25, -0.2) is 0 Å². The number of halogens is 1. The molecule has 10 heteroatoms. The van der Waals surface area contributed by atoms with Crippen LogP contribution in [-0.2, 0) is 19.1 Å². The first-order chi connectivity index (χ1) is 21.1. The Kier molecular flexibility index (Phi) is 19.9. The number of alkyl halides is 1. The Hall–Kier alpha value is -0.580. The predicted octanol–water partition coefficient (Wildman–Crippen LogP) is 6.42. The summed E-state index contributed by atoms with van der Waals surface area (Å²) in [5.41, 5.74) is -0.702. The van der Waals surface area contributed by atoms with E-state index in [0.29, 0.717) is 5.92 Å². The van der Waals surface area contributed by atoms with Gasteiger partial charge in [-0.3, -0.25) is 14.5 Å². The first-order valence-corrected chi connectivity index (χ1v) is 19.2. The molecule has 9 atom stereocenters. The molecule has 0 aromatic carbocycles. The number of rotatable bonds is 22. The molecule has 0 aromatic rings. The average Bonchev–Trinajstić information content (AvgIpc) is 3.36. The number of ether oxygens (including phenoxy) is 2. The second kappa shape index (κ2) is 22.1. The normalized spacial score (nSPS) is 29.0. The molecule has 8 nitrogen and oxygen atoms in total. The van der Waals surface area contributed by atoms with Crippen LogP contribution in [0.25, 0.3) is 0 Å². The van der Waals surface area contributed by atoms with Crippen molar-refractivity contribution < 1.29 is 29.3 Å². The van der Waals surface area contributed by atoms with Crippen LogP contribution in [0.5, 0.6) is 0 Å². The number of unbranched alkanes of at least 4 members (excludes halogenated alkanes) is 12. The highest BCUT2D eigenvalue weighted by atomic mass is 35.5. The lowest BCUT2D eigenvalue weighted by Crippen LogP contribution is -2.65. The highest BCUT2D eigenvalue weighted by Gasteiger charge is 2.50. The van der Waals surface area contributed by atoms with Gasteiger partial charge >= 0.3 is 5.97 Å². The number of hydrogen-bond donors (Lipinski definition) is 3. The van der Waals surface area contributed by atoms with Crippen LogP contribution < -0.4 is 5.32 Å². The minimum atomic E-state index is -1.38. The number of thioether (sulfide) groups is 1. The van der Waals surface area contributed by atoms with Gasteiger partial charge in [-0.15, -0.1) is 23.4 Å². The minimum absolute atomic E-state index is 0.152. The van der Waals surface area contributed by atoms with Gasteiger partial charge < -0.3 is 25.0 Å². The molecule has 2 aliphatic rings. The monoisotopic (exact) mass is 662 g/mol. The van der Waals surface area contributed by atoms with E-state index >= 15 is 0 Å². The number of aliphatic hydroxyl groups excluding tert-OH is 2. The molecule has 3 N–H and O–H groups in total. The maximum Gasteiger partial charge on any atom is 0.306 e. The maximum atomic E-state index is 13.3. The molecule has 0 spiro atoms. The Morgan fingerprint density at radius 3 is 2.05 bits per heavy atom. The third-order valence-corrected chi connectivity index (χ3v) is 10.5. The fourth-order valence-corrected chi connectivity index (χ4v) is 7.65. The molecule has 258 valence electrons. The highest BCUT2D eigenvalue weighted by Crippen LogP contribution is 2.33. The Morgan fingerprint density at radius 1 is 0.955 bits per heavy atom. The zero-order valence-electron chi connectivity index (χ0n) is 28.2. The van der Waals surface area contributed by atoms with Crippen LogP contribution in [0.3, 0.4) is 0 Å². The van der Waals surface area contributed by atoms with Gasteiger partial charge in [0.25, 0.3) is 0 Å². The van der Waals surface area contributed by atoms with Gasteiger partial charge in [0.2, 0.25) is 5.91 Å². The van der Waals surface area contributed by atoms with Crippen LogP contribution in [0.1, 0.15) is 130 Å². The molecule has 0 saturated carbocycles. The largest absolute Gasteiger partial charge is 0.456 e. The summed E-state index contributed by atoms with van der Waals surface area (Å²) in [4.78, 5) is 28.0. The Morgan fingerprint density at radius 2 is 1.52 bits per heavy atom. The molecule has 1 amide bonds. The summed E-state index contributed by atoms with van der Waals surface area (Å²) in [5.74, 6) is -0.0742. The van der Waals surface area contributed by atoms with Gasteiger partial charge in [0.05, 0.1) is 17.5 Å². The number of carbonyl (C=O) groups excluding carboxylic acids is 2. The molecule has 0 aliphatic carbocycles. The molecule has 2 heterocycles. The lowest BCUT2D eigenvalue weighted by atomic mass is 9.92. The van der Waals surface area contributed by atoms with Gasteiger partial charge in [0, 0.05) is 13.0 Å². The molecule has 0 unspecified atom stereocenters. The third kappa shape index (κ3) is 13.3. The van der Waals surface area contributed by atoms with Gasteiger partial charge in [-0.1, -0.05) is 97.3 Å². The fourth-order valence-electron chi connectivity index (χ4n) is 6.72. The molecule has 2 rings (SSSR count). The first-order valence-electron chi connectivity index (χ1n) is 17.5. The number of carbonyl (C=O) groups is 2. The van der Waals surface area contributed by atoms with Gasteiger partial charge in [-0.05, 0) is 45.4 Å². The number of likely N-dealkylation sites (N-methyl/N-ethyl adjacent to an activating group) is 1. The molecule has 44 heavy (non-hydrogen) atoms. The number of likely N-dealkylation sites (tertiary alicyclic amines) is 1. The average molecular weight is 663 g/mol. The number of aliphatic hydroxyl groups is 2. The van der Waals surface area contributed by atoms with Crippen LogP contribution in [0, 0.1) is 5.92 Å². The summed E-state index contributed by atoms with van der Waals surface area (Å²) >= 11 is 7.82. The molecule has 0 aromatic heterocycles. The van der Waals surface area contributed by atoms with E-state index in [9.17, 15) is 19.8 Å². The zero-order chi connectivity index (χ0) is 32.5. The number of nitrogens with zero attached hydrogens (tertiary/aromatic N) is 1. The second-order valence-corrected chi connectivity index (χ2v) is 14.8. The van der Waals surface area contributed by atoms with Crippen molar-refractivity contribution in [2.75, 3.05) is 19.8 Å². The van der Waals surface area contributed by atoms with Crippen molar-refractivity contribution in [3.05, 3.63) is 0 Å². The summed E-state index contributed by atoms with van der Waals surface area (Å²) in [6, 6.07) is -1.00. The summed E-state index contributed by atoms with van der Waals surface area (Å²) in [6.45, 7) is 7.01. The lowest BCUT2D eigenvalue weighted by molar-refractivity contribution is -0.218. The highest BCUT2D eigenvalue weighted by molar-refractivity contribution is 7.99. The van der Waals surface area contributed by atoms with E-state index in [4.69, 9.17) is 21.1 Å². The molecule has 0 radical (unpaired) electrons. The van der Waals surface area contributed by atoms with E-state index in [1.54, 1.807) is 13.2 Å². The Bertz CT molecular complexity index is 806. The number of esters is 1. The van der Waals surface area contributed by atoms with Crippen LogP contribution in [0.15, 0.2) is 0 Å². The third-order valence-electron chi connectivity index (χ3n) is 9.36. The van der Waals surface area contributed by atoms with Crippen LogP contribution in [0.2, 0.25) is 0 Å². The fraction of sp³-hybridized carbons (Fsp3) is 0.941. The maximum absolute atomic E-state index is 13.3. The minimum Gasteiger partial charge on any atom is -0.456 e. The molecule has 2 aliphatic heterocycles. The Labute approximate surface area is 277 Å². The Balaban J connectivity index is 1.76. The first kappa shape index (κ1) is 39.6. The van der Waals surface area contributed by atoms with Gasteiger partial charge in [0.1, 0.15) is 23.7 Å². The van der Waals surface area contributed by atoms with E-state index < -0.39 is 47.2 Å². The van der Waals surface area contributed by atoms with Crippen molar-refractivity contribution in [2.24, 2.45) is 5.92 Å². The molecule has 2 saturated heterocycles. The van der Waals surface area contributed by atoms with E-state index in [0.717, 1.165) is 45.1 Å². The van der Waals surface area contributed by atoms with Crippen LogP contribution in [0.4, 0.5) is 0 Å². The van der Waals surface area contributed by atoms with E-state index in [1.165, 1.54) is 76.0 Å². The lowest BCUT2D eigenvalue weighted by Gasteiger charge is -2.45. The zero-order valence-corrected chi connectivity index (χ0v) is 29.8. The molecular formula is C34H63ClN2O6S. The summed E-state index contributed by atoms with van der Waals surface area (Å²) in [7, 11) is 1.95. The topological polar surface area (TPSA) is 108 Å². The molecule has 2 fully saturated rings. The summed E-state index contributed by atoms with van der Waals surface area (Å²) in [5, 5.41) is 24.6. The number of nitrogens with one attached hydrogen (secondary N) is 1. The van der Waals surface area contributed by atoms with Crippen molar-refractivity contribution in [3.8, 4) is 0 Å². The summed E-state index contributed by atoms with van der Waals surface area (Å²) < 4.78 is 11.9. The standard InChI is InChI=1S/C34H63ClN2O6S/c1-6-8-9-10-11-12-13-14-15-16-17-18-19-21-27(38)42-32-30(40)29(39)31(43-34(32)44-5)28(24(3)35)36-33(41)26-22-25(20-7-2)23-37(26)4/h24-26,28-32,34,39-40H,6-23H2,1-5H3,(H,36,41)/t24-,25+,26-,28+,29+,30-,31+,32+,34+/m0/s1. The smallest absolute Gasteiger partial charge is 0.306 e. The molecule has 0 bridgehead atoms. The number of hydrogen-bond acceptors (Lipinski definition) is 8. The van der Waals surface area contributed by atoms with Crippen molar-refractivity contribution >= 4 is 35.2 Å². The van der Waals surface area contributed by atoms with E-state index in [1.807, 2.05) is 7.05 Å². The van der Waals surface area contributed by atoms with Crippen molar-refractivity contribution in [2.45, 2.75) is 177 Å².